The van der Waals surface area contributed by atoms with E-state index in [-0.39, 0.29) is 23.7 Å². The fourth-order valence-corrected chi connectivity index (χ4v) is 3.40. The highest BCUT2D eigenvalue weighted by molar-refractivity contribution is 5.97. The third-order valence-corrected chi connectivity index (χ3v) is 4.95. The van der Waals surface area contributed by atoms with Gasteiger partial charge in [-0.3, -0.25) is 9.59 Å². The van der Waals surface area contributed by atoms with Crippen LogP contribution in [0.15, 0.2) is 30.6 Å². The largest absolute Gasteiger partial charge is 0.344 e. The fraction of sp³-hybridized carbons (Fsp3) is 0.526. The molecule has 2 aromatic rings. The van der Waals surface area contributed by atoms with E-state index in [1.54, 1.807) is 12.1 Å². The Morgan fingerprint density at radius 3 is 2.63 bits per heavy atom. The van der Waals surface area contributed by atoms with Crippen molar-refractivity contribution in [1.82, 2.24) is 25.5 Å². The van der Waals surface area contributed by atoms with E-state index in [1.165, 1.54) is 17.4 Å². The maximum Gasteiger partial charge on any atom is 0.247 e. The van der Waals surface area contributed by atoms with E-state index < -0.39 is 6.04 Å². The second-order valence-corrected chi connectivity index (χ2v) is 7.36. The summed E-state index contributed by atoms with van der Waals surface area (Å²) in [5.41, 5.74) is 1.37. The molecule has 0 aliphatic heterocycles. The maximum absolute atomic E-state index is 12.8. The number of rotatable bonds is 6. The summed E-state index contributed by atoms with van der Waals surface area (Å²) in [7, 11) is 0. The molecule has 2 N–H and O–H groups in total. The van der Waals surface area contributed by atoms with Crippen LogP contribution < -0.4 is 10.6 Å². The predicted molar refractivity (Wildman–Crippen MR) is 101 cm³/mol. The zero-order valence-electron chi connectivity index (χ0n) is 15.8. The minimum absolute atomic E-state index is 0.00834. The molecule has 2 amide bonds. The van der Waals surface area contributed by atoms with Gasteiger partial charge in [0, 0.05) is 11.6 Å². The van der Waals surface area contributed by atoms with Crippen LogP contribution in [0, 0.1) is 11.8 Å². The van der Waals surface area contributed by atoms with Crippen molar-refractivity contribution in [2.45, 2.75) is 52.0 Å². The molecule has 1 aromatic carbocycles. The zero-order valence-corrected chi connectivity index (χ0v) is 15.8. The molecular formula is C19H26N6O2. The van der Waals surface area contributed by atoms with Crippen molar-refractivity contribution in [1.29, 1.82) is 0 Å². The minimum Gasteiger partial charge on any atom is -0.344 e. The zero-order chi connectivity index (χ0) is 19.2. The van der Waals surface area contributed by atoms with Crippen LogP contribution in [0.25, 0.3) is 5.69 Å². The van der Waals surface area contributed by atoms with Crippen molar-refractivity contribution < 1.29 is 9.59 Å². The van der Waals surface area contributed by atoms with Crippen LogP contribution in [0.1, 0.15) is 46.0 Å². The number of carbonyl (C=O) groups is 2. The number of nitrogens with zero attached hydrogens (tertiary/aromatic N) is 4. The van der Waals surface area contributed by atoms with Crippen molar-refractivity contribution in [2.24, 2.45) is 11.8 Å². The lowest BCUT2D eigenvalue weighted by atomic mass is 9.88. The fourth-order valence-electron chi connectivity index (χ4n) is 3.40. The molecule has 0 spiro atoms. The number of tetrazole rings is 1. The van der Waals surface area contributed by atoms with Crippen LogP contribution in [-0.4, -0.2) is 38.1 Å². The van der Waals surface area contributed by atoms with E-state index in [2.05, 4.69) is 26.2 Å². The lowest BCUT2D eigenvalue weighted by molar-refractivity contribution is -0.130. The van der Waals surface area contributed by atoms with Gasteiger partial charge in [0.2, 0.25) is 11.8 Å². The Labute approximate surface area is 158 Å². The third-order valence-electron chi connectivity index (χ3n) is 4.95. The maximum atomic E-state index is 12.8. The third kappa shape index (κ3) is 4.90. The van der Waals surface area contributed by atoms with Gasteiger partial charge in [-0.15, -0.1) is 5.10 Å². The number of hydrogen-bond donors (Lipinski definition) is 2. The Balaban J connectivity index is 1.66. The molecule has 144 valence electrons. The quantitative estimate of drug-likeness (QED) is 0.812. The molecule has 1 atom stereocenters. The average molecular weight is 370 g/mol. The number of anilines is 1. The predicted octanol–water partition coefficient (Wildman–Crippen LogP) is 2.32. The van der Waals surface area contributed by atoms with Gasteiger partial charge in [0.1, 0.15) is 12.4 Å². The monoisotopic (exact) mass is 370 g/mol. The van der Waals surface area contributed by atoms with Crippen molar-refractivity contribution >= 4 is 17.5 Å². The Morgan fingerprint density at radius 2 is 1.96 bits per heavy atom. The molecule has 1 heterocycles. The SMILES string of the molecule is CC(C)[C@H](NC(=O)C1CCCCC1)C(=O)Nc1cccc(-n2cnnn2)c1. The Kier molecular flexibility index (Phi) is 6.16. The lowest BCUT2D eigenvalue weighted by Crippen LogP contribution is -2.49. The highest BCUT2D eigenvalue weighted by atomic mass is 16.2. The topological polar surface area (TPSA) is 102 Å². The molecule has 8 nitrogen and oxygen atoms in total. The van der Waals surface area contributed by atoms with Gasteiger partial charge >= 0.3 is 0 Å². The first-order valence-electron chi connectivity index (χ1n) is 9.49. The van der Waals surface area contributed by atoms with E-state index in [1.807, 2.05) is 26.0 Å². The molecule has 27 heavy (non-hydrogen) atoms. The molecule has 0 saturated heterocycles. The smallest absolute Gasteiger partial charge is 0.247 e. The molecule has 3 rings (SSSR count). The Bertz CT molecular complexity index is 768. The van der Waals surface area contributed by atoms with Gasteiger partial charge in [-0.1, -0.05) is 39.2 Å². The van der Waals surface area contributed by atoms with Crippen LogP contribution in [-0.2, 0) is 9.59 Å². The van der Waals surface area contributed by atoms with E-state index in [0.717, 1.165) is 31.4 Å². The van der Waals surface area contributed by atoms with Crippen LogP contribution in [0.2, 0.25) is 0 Å². The van der Waals surface area contributed by atoms with Crippen molar-refractivity contribution in [3.8, 4) is 5.69 Å². The molecule has 0 bridgehead atoms. The van der Waals surface area contributed by atoms with Crippen molar-refractivity contribution in [3.05, 3.63) is 30.6 Å². The first-order valence-corrected chi connectivity index (χ1v) is 9.49. The molecule has 1 aliphatic rings. The molecule has 8 heteroatoms. The highest BCUT2D eigenvalue weighted by Gasteiger charge is 2.28. The van der Waals surface area contributed by atoms with Gasteiger partial charge < -0.3 is 10.6 Å². The standard InChI is InChI=1S/C19H26N6O2/c1-13(2)17(22-18(26)14-7-4-3-5-8-14)19(27)21-15-9-6-10-16(11-15)25-12-20-23-24-25/h6,9-14,17H,3-5,7-8H2,1-2H3,(H,21,27)(H,22,26)/t17-/m0/s1. The number of benzene rings is 1. The summed E-state index contributed by atoms with van der Waals surface area (Å²) in [4.78, 5) is 25.4. The summed E-state index contributed by atoms with van der Waals surface area (Å²) in [6.45, 7) is 3.87. The van der Waals surface area contributed by atoms with Crippen LogP contribution in [0.4, 0.5) is 5.69 Å². The van der Waals surface area contributed by atoms with Gasteiger partial charge in [-0.2, -0.15) is 0 Å². The molecule has 0 unspecified atom stereocenters. The van der Waals surface area contributed by atoms with Crippen molar-refractivity contribution in [3.63, 3.8) is 0 Å². The number of aromatic nitrogens is 4. The number of hydrogen-bond acceptors (Lipinski definition) is 5. The first kappa shape index (κ1) is 19.0. The van der Waals surface area contributed by atoms with Crippen molar-refractivity contribution in [2.75, 3.05) is 5.32 Å². The second-order valence-electron chi connectivity index (χ2n) is 7.36. The highest BCUT2D eigenvalue weighted by Crippen LogP contribution is 2.24. The van der Waals surface area contributed by atoms with Gasteiger partial charge in [-0.25, -0.2) is 4.68 Å². The summed E-state index contributed by atoms with van der Waals surface area (Å²) in [6.07, 6.45) is 6.66. The van der Waals surface area contributed by atoms with E-state index in [9.17, 15) is 9.59 Å². The van der Waals surface area contributed by atoms with Crippen LogP contribution >= 0.6 is 0 Å². The Morgan fingerprint density at radius 1 is 1.19 bits per heavy atom. The van der Waals surface area contributed by atoms with Gasteiger partial charge in [0.15, 0.2) is 0 Å². The number of amides is 2. The minimum atomic E-state index is -0.573. The van der Waals surface area contributed by atoms with E-state index >= 15 is 0 Å². The number of nitrogens with one attached hydrogen (secondary N) is 2. The average Bonchev–Trinajstić information content (AvgIpc) is 3.21. The van der Waals surface area contributed by atoms with Gasteiger partial charge in [0.25, 0.3) is 0 Å². The number of carbonyl (C=O) groups excluding carboxylic acids is 2. The summed E-state index contributed by atoms with van der Waals surface area (Å²) < 4.78 is 1.51. The Hall–Kier alpha value is -2.77. The molecule has 1 aromatic heterocycles. The lowest BCUT2D eigenvalue weighted by Gasteiger charge is -2.26. The first-order chi connectivity index (χ1) is 13.0. The van der Waals surface area contributed by atoms with Gasteiger partial charge in [-0.05, 0) is 47.4 Å². The van der Waals surface area contributed by atoms with E-state index in [4.69, 9.17) is 0 Å². The van der Waals surface area contributed by atoms with Crippen LogP contribution in [0.5, 0.6) is 0 Å². The summed E-state index contributed by atoms with van der Waals surface area (Å²) in [6, 6.07) is 6.67. The van der Waals surface area contributed by atoms with Crippen LogP contribution in [0.3, 0.4) is 0 Å². The molecular weight excluding hydrogens is 344 g/mol. The molecule has 1 aliphatic carbocycles. The normalized spacial score (nSPS) is 16.1. The summed E-state index contributed by atoms with van der Waals surface area (Å²) >= 11 is 0. The van der Waals surface area contributed by atoms with E-state index in [0.29, 0.717) is 5.69 Å². The summed E-state index contributed by atoms with van der Waals surface area (Å²) in [5.74, 6) is -0.217. The molecule has 1 saturated carbocycles. The van der Waals surface area contributed by atoms with Gasteiger partial charge in [0.05, 0.1) is 5.69 Å². The second kappa shape index (κ2) is 8.75. The molecule has 1 fully saturated rings. The summed E-state index contributed by atoms with van der Waals surface area (Å²) in [5, 5.41) is 16.9. The molecule has 0 radical (unpaired) electrons.